The first-order chi connectivity index (χ1) is 7.75. The SMILES string of the molecule is O=C(C=Cc1ccsc1)c1ccc(Cl)cc1. The molecule has 1 heterocycles. The minimum Gasteiger partial charge on any atom is -0.289 e. The van der Waals surface area contributed by atoms with Crippen molar-refractivity contribution in [2.75, 3.05) is 0 Å². The Morgan fingerprint density at radius 3 is 2.56 bits per heavy atom. The molecule has 1 nitrogen and oxygen atoms in total. The topological polar surface area (TPSA) is 17.1 Å². The van der Waals surface area contributed by atoms with Crippen LogP contribution in [-0.2, 0) is 0 Å². The van der Waals surface area contributed by atoms with Gasteiger partial charge in [-0.1, -0.05) is 17.7 Å². The van der Waals surface area contributed by atoms with Crippen molar-refractivity contribution >= 4 is 34.8 Å². The van der Waals surface area contributed by atoms with Crippen molar-refractivity contribution in [3.63, 3.8) is 0 Å². The largest absolute Gasteiger partial charge is 0.289 e. The Bertz CT molecular complexity index is 497. The number of carbonyl (C=O) groups excluding carboxylic acids is 1. The summed E-state index contributed by atoms with van der Waals surface area (Å²) in [6, 6.07) is 8.85. The van der Waals surface area contributed by atoms with Crippen molar-refractivity contribution in [1.82, 2.24) is 0 Å². The van der Waals surface area contributed by atoms with Gasteiger partial charge in [-0.15, -0.1) is 0 Å². The van der Waals surface area contributed by atoms with Gasteiger partial charge in [0.15, 0.2) is 5.78 Å². The van der Waals surface area contributed by atoms with Gasteiger partial charge in [0.05, 0.1) is 0 Å². The first-order valence-electron chi connectivity index (χ1n) is 4.76. The molecule has 0 saturated heterocycles. The van der Waals surface area contributed by atoms with Crippen LogP contribution in [0.3, 0.4) is 0 Å². The summed E-state index contributed by atoms with van der Waals surface area (Å²) in [5.41, 5.74) is 1.70. The van der Waals surface area contributed by atoms with Crippen LogP contribution in [0.1, 0.15) is 15.9 Å². The Morgan fingerprint density at radius 1 is 1.19 bits per heavy atom. The van der Waals surface area contributed by atoms with Gasteiger partial charge in [-0.3, -0.25) is 4.79 Å². The molecule has 0 unspecified atom stereocenters. The van der Waals surface area contributed by atoms with Gasteiger partial charge < -0.3 is 0 Å². The number of benzene rings is 1. The van der Waals surface area contributed by atoms with E-state index < -0.39 is 0 Å². The smallest absolute Gasteiger partial charge is 0.185 e. The highest BCUT2D eigenvalue weighted by atomic mass is 35.5. The predicted octanol–water partition coefficient (Wildman–Crippen LogP) is 4.30. The lowest BCUT2D eigenvalue weighted by molar-refractivity contribution is 0.104. The van der Waals surface area contributed by atoms with Crippen molar-refractivity contribution in [3.8, 4) is 0 Å². The van der Waals surface area contributed by atoms with Crippen molar-refractivity contribution in [1.29, 1.82) is 0 Å². The molecule has 0 spiro atoms. The van der Waals surface area contributed by atoms with E-state index in [4.69, 9.17) is 11.6 Å². The van der Waals surface area contributed by atoms with E-state index in [1.165, 1.54) is 0 Å². The summed E-state index contributed by atoms with van der Waals surface area (Å²) in [6.45, 7) is 0. The van der Waals surface area contributed by atoms with Crippen LogP contribution in [0, 0.1) is 0 Å². The van der Waals surface area contributed by atoms with Crippen LogP contribution in [-0.4, -0.2) is 5.78 Å². The van der Waals surface area contributed by atoms with E-state index in [9.17, 15) is 4.79 Å². The normalized spacial score (nSPS) is 10.8. The Hall–Kier alpha value is -1.38. The van der Waals surface area contributed by atoms with Gasteiger partial charge >= 0.3 is 0 Å². The van der Waals surface area contributed by atoms with Crippen LogP contribution in [0.2, 0.25) is 5.02 Å². The summed E-state index contributed by atoms with van der Waals surface area (Å²) in [7, 11) is 0. The summed E-state index contributed by atoms with van der Waals surface area (Å²) < 4.78 is 0. The molecule has 0 aliphatic rings. The lowest BCUT2D eigenvalue weighted by atomic mass is 10.1. The minimum atomic E-state index is -0.0112. The standard InChI is InChI=1S/C13H9ClOS/c14-12-4-2-11(3-5-12)13(15)6-1-10-7-8-16-9-10/h1-9H. The third-order valence-electron chi connectivity index (χ3n) is 2.10. The average molecular weight is 249 g/mol. The molecule has 80 valence electrons. The minimum absolute atomic E-state index is 0.0112. The lowest BCUT2D eigenvalue weighted by Gasteiger charge is -1.95. The van der Waals surface area contributed by atoms with Gasteiger partial charge in [0, 0.05) is 10.6 Å². The molecule has 16 heavy (non-hydrogen) atoms. The van der Waals surface area contributed by atoms with Gasteiger partial charge in [0.2, 0.25) is 0 Å². The van der Waals surface area contributed by atoms with Crippen LogP contribution >= 0.6 is 22.9 Å². The molecular weight excluding hydrogens is 240 g/mol. The summed E-state index contributed by atoms with van der Waals surface area (Å²) in [4.78, 5) is 11.7. The van der Waals surface area contributed by atoms with E-state index in [0.29, 0.717) is 10.6 Å². The van der Waals surface area contributed by atoms with Gasteiger partial charge in [-0.05, 0) is 52.7 Å². The summed E-state index contributed by atoms with van der Waals surface area (Å²) in [5, 5.41) is 4.61. The second-order valence-electron chi connectivity index (χ2n) is 3.26. The van der Waals surface area contributed by atoms with E-state index in [1.807, 2.05) is 22.9 Å². The molecule has 0 N–H and O–H groups in total. The Kier molecular flexibility index (Phi) is 3.54. The molecule has 0 saturated carbocycles. The molecule has 1 aromatic heterocycles. The maximum absolute atomic E-state index is 11.7. The Balaban J connectivity index is 2.11. The van der Waals surface area contributed by atoms with Crippen LogP contribution in [0.5, 0.6) is 0 Å². The van der Waals surface area contributed by atoms with Crippen LogP contribution in [0.4, 0.5) is 0 Å². The molecule has 2 aromatic rings. The number of rotatable bonds is 3. The second-order valence-corrected chi connectivity index (χ2v) is 4.48. The predicted molar refractivity (Wildman–Crippen MR) is 69.1 cm³/mol. The first kappa shape index (κ1) is 11.1. The molecule has 0 fully saturated rings. The Morgan fingerprint density at radius 2 is 1.94 bits per heavy atom. The van der Waals surface area contributed by atoms with E-state index in [0.717, 1.165) is 5.56 Å². The number of hydrogen-bond acceptors (Lipinski definition) is 2. The number of halogens is 1. The number of ketones is 1. The molecule has 2 rings (SSSR count). The molecule has 1 aromatic carbocycles. The highest BCUT2D eigenvalue weighted by molar-refractivity contribution is 7.08. The molecular formula is C13H9ClOS. The lowest BCUT2D eigenvalue weighted by Crippen LogP contribution is -1.92. The highest BCUT2D eigenvalue weighted by Gasteiger charge is 2.00. The monoisotopic (exact) mass is 248 g/mol. The van der Waals surface area contributed by atoms with Crippen LogP contribution in [0.15, 0.2) is 47.2 Å². The third kappa shape index (κ3) is 2.81. The van der Waals surface area contributed by atoms with Gasteiger partial charge in [-0.25, -0.2) is 0 Å². The zero-order chi connectivity index (χ0) is 11.4. The van der Waals surface area contributed by atoms with Gasteiger partial charge in [0.1, 0.15) is 0 Å². The maximum Gasteiger partial charge on any atom is 0.185 e. The fourth-order valence-electron chi connectivity index (χ4n) is 1.25. The zero-order valence-electron chi connectivity index (χ0n) is 8.39. The van der Waals surface area contributed by atoms with E-state index in [2.05, 4.69) is 0 Å². The molecule has 0 atom stereocenters. The number of hydrogen-bond donors (Lipinski definition) is 0. The fourth-order valence-corrected chi connectivity index (χ4v) is 2.01. The zero-order valence-corrected chi connectivity index (χ0v) is 9.96. The van der Waals surface area contributed by atoms with E-state index in [1.54, 1.807) is 41.7 Å². The fraction of sp³-hybridized carbons (Fsp3) is 0. The number of carbonyl (C=O) groups is 1. The van der Waals surface area contributed by atoms with E-state index >= 15 is 0 Å². The van der Waals surface area contributed by atoms with Crippen molar-refractivity contribution in [2.45, 2.75) is 0 Å². The van der Waals surface area contributed by atoms with Crippen LogP contribution in [0.25, 0.3) is 6.08 Å². The third-order valence-corrected chi connectivity index (χ3v) is 3.05. The summed E-state index contributed by atoms with van der Waals surface area (Å²) in [5.74, 6) is -0.0112. The van der Waals surface area contributed by atoms with E-state index in [-0.39, 0.29) is 5.78 Å². The van der Waals surface area contributed by atoms with Gasteiger partial charge in [-0.2, -0.15) is 11.3 Å². The highest BCUT2D eigenvalue weighted by Crippen LogP contribution is 2.12. The maximum atomic E-state index is 11.7. The molecule has 0 radical (unpaired) electrons. The second kappa shape index (κ2) is 5.10. The average Bonchev–Trinajstić information content (AvgIpc) is 2.80. The van der Waals surface area contributed by atoms with Crippen LogP contribution < -0.4 is 0 Å². The van der Waals surface area contributed by atoms with Gasteiger partial charge in [0.25, 0.3) is 0 Å². The molecule has 3 heteroatoms. The molecule has 0 amide bonds. The Labute approximate surface area is 103 Å². The first-order valence-corrected chi connectivity index (χ1v) is 6.08. The van der Waals surface area contributed by atoms with Crippen molar-refractivity contribution in [3.05, 3.63) is 63.3 Å². The van der Waals surface area contributed by atoms with Crippen molar-refractivity contribution in [2.24, 2.45) is 0 Å². The summed E-state index contributed by atoms with van der Waals surface area (Å²) >= 11 is 7.36. The summed E-state index contributed by atoms with van der Waals surface area (Å²) in [6.07, 6.45) is 3.39. The van der Waals surface area contributed by atoms with Crippen molar-refractivity contribution < 1.29 is 4.79 Å². The molecule has 0 aliphatic carbocycles. The number of allylic oxidation sites excluding steroid dienone is 1. The molecule has 0 aliphatic heterocycles. The quantitative estimate of drug-likeness (QED) is 0.585. The molecule has 0 bridgehead atoms. The number of thiophene rings is 1.